The summed E-state index contributed by atoms with van der Waals surface area (Å²) in [6, 6.07) is 29.0. The first kappa shape index (κ1) is 26.1. The molecule has 3 nitrogen and oxygen atoms in total. The lowest BCUT2D eigenvalue weighted by atomic mass is 9.41. The molecule has 0 N–H and O–H groups in total. The van der Waals surface area contributed by atoms with Gasteiger partial charge in [0.05, 0.1) is 27.1 Å². The average molecular weight is 516 g/mol. The van der Waals surface area contributed by atoms with Gasteiger partial charge in [0.15, 0.2) is 0 Å². The number of aryl methyl sites for hydroxylation is 2. The smallest absolute Gasteiger partial charge is 0.227 e. The maximum absolute atomic E-state index is 6.59. The highest BCUT2D eigenvalue weighted by atomic mass is 16.3. The molecule has 6 rings (SSSR count). The topological polar surface area (TPSA) is 38.9 Å². The standard InChI is InChI=1S/C35H30B2N2O/c1-21-18-24(23-10-7-6-8-11-23)19-22(2)31(21)29-15-14-27-26-12-9-13-28(32(26)40-33(27)39-29)30-20-25(16-17-38-30)35(36,37)34(3,4)5/h6-20H,1-5H3. The van der Waals surface area contributed by atoms with Gasteiger partial charge in [0, 0.05) is 28.1 Å². The van der Waals surface area contributed by atoms with Crippen molar-refractivity contribution in [1.29, 1.82) is 0 Å². The van der Waals surface area contributed by atoms with Crippen molar-refractivity contribution in [2.45, 2.75) is 39.8 Å². The van der Waals surface area contributed by atoms with E-state index >= 15 is 0 Å². The second-order valence-corrected chi connectivity index (χ2v) is 11.7. The van der Waals surface area contributed by atoms with Crippen LogP contribution in [-0.2, 0) is 5.21 Å². The summed E-state index contributed by atoms with van der Waals surface area (Å²) in [4.78, 5) is 9.66. The van der Waals surface area contributed by atoms with E-state index in [0.29, 0.717) is 5.71 Å². The summed E-state index contributed by atoms with van der Waals surface area (Å²) >= 11 is 0. The van der Waals surface area contributed by atoms with Crippen LogP contribution in [-0.4, -0.2) is 25.7 Å². The van der Waals surface area contributed by atoms with E-state index in [1.165, 1.54) is 22.3 Å². The maximum atomic E-state index is 6.59. The molecular weight excluding hydrogens is 486 g/mol. The summed E-state index contributed by atoms with van der Waals surface area (Å²) in [7, 11) is 13.2. The van der Waals surface area contributed by atoms with E-state index in [2.05, 4.69) is 73.4 Å². The summed E-state index contributed by atoms with van der Waals surface area (Å²) in [5, 5.41) is 0.943. The Morgan fingerprint density at radius 2 is 1.43 bits per heavy atom. The van der Waals surface area contributed by atoms with Crippen LogP contribution in [0.25, 0.3) is 55.7 Å². The number of pyridine rings is 2. The van der Waals surface area contributed by atoms with Crippen molar-refractivity contribution in [2.75, 3.05) is 0 Å². The lowest BCUT2D eigenvalue weighted by molar-refractivity contribution is 0.358. The SMILES string of the molecule is [B]C([B])(c1ccnc(-c2cccc3c2oc2nc(-c4c(C)cc(-c5ccccc5)cc4C)ccc23)c1)C(C)(C)C. The van der Waals surface area contributed by atoms with Gasteiger partial charge < -0.3 is 4.42 Å². The van der Waals surface area contributed by atoms with Crippen molar-refractivity contribution in [3.63, 3.8) is 0 Å². The van der Waals surface area contributed by atoms with Gasteiger partial charge in [0.2, 0.25) is 5.71 Å². The van der Waals surface area contributed by atoms with Gasteiger partial charge in [-0.3, -0.25) is 4.98 Å². The van der Waals surface area contributed by atoms with Crippen LogP contribution in [0.1, 0.15) is 37.5 Å². The molecule has 0 bridgehead atoms. The number of hydrogen-bond acceptors (Lipinski definition) is 3. The second-order valence-electron chi connectivity index (χ2n) is 11.7. The molecule has 0 aliphatic carbocycles. The highest BCUT2D eigenvalue weighted by molar-refractivity contribution is 6.40. The largest absolute Gasteiger partial charge is 0.437 e. The molecule has 0 amide bonds. The molecule has 3 aromatic carbocycles. The number of para-hydroxylation sites is 1. The summed E-state index contributed by atoms with van der Waals surface area (Å²) in [5.41, 5.74) is 10.2. The average Bonchev–Trinajstić information content (AvgIpc) is 3.30. The fourth-order valence-electron chi connectivity index (χ4n) is 5.45. The summed E-state index contributed by atoms with van der Waals surface area (Å²) in [6.07, 6.45) is 1.76. The van der Waals surface area contributed by atoms with E-state index in [9.17, 15) is 0 Å². The highest BCUT2D eigenvalue weighted by Crippen LogP contribution is 2.40. The van der Waals surface area contributed by atoms with Gasteiger partial charge in [-0.15, -0.1) is 0 Å². The molecule has 4 radical (unpaired) electrons. The molecule has 3 heterocycles. The quantitative estimate of drug-likeness (QED) is 0.221. The molecule has 0 fully saturated rings. The van der Waals surface area contributed by atoms with Crippen LogP contribution in [0.3, 0.4) is 0 Å². The normalized spacial score (nSPS) is 12.3. The third-order valence-corrected chi connectivity index (χ3v) is 8.01. The van der Waals surface area contributed by atoms with E-state index in [4.69, 9.17) is 25.1 Å². The number of rotatable bonds is 4. The Labute approximate surface area is 238 Å². The second kappa shape index (κ2) is 9.52. The molecule has 0 unspecified atom stereocenters. The molecule has 0 aliphatic rings. The minimum atomic E-state index is -1.02. The fourth-order valence-corrected chi connectivity index (χ4v) is 5.45. The van der Waals surface area contributed by atoms with Crippen molar-refractivity contribution in [2.24, 2.45) is 5.41 Å². The van der Waals surface area contributed by atoms with Gasteiger partial charge in [-0.1, -0.05) is 86.1 Å². The summed E-state index contributed by atoms with van der Waals surface area (Å²) in [5.74, 6) is 0. The number of benzene rings is 3. The molecule has 3 aromatic heterocycles. The maximum Gasteiger partial charge on any atom is 0.227 e. The van der Waals surface area contributed by atoms with Gasteiger partial charge in [-0.25, -0.2) is 4.98 Å². The monoisotopic (exact) mass is 516 g/mol. The predicted octanol–water partition coefficient (Wildman–Crippen LogP) is 8.53. The van der Waals surface area contributed by atoms with Crippen molar-refractivity contribution in [1.82, 2.24) is 9.97 Å². The number of furan rings is 1. The lowest BCUT2D eigenvalue weighted by Gasteiger charge is -2.40. The van der Waals surface area contributed by atoms with Crippen molar-refractivity contribution in [3.05, 3.63) is 108 Å². The third-order valence-electron chi connectivity index (χ3n) is 8.01. The molecular formula is C35H30B2N2O. The Bertz CT molecular complexity index is 1860. The van der Waals surface area contributed by atoms with Crippen molar-refractivity contribution >= 4 is 37.8 Å². The van der Waals surface area contributed by atoms with Crippen LogP contribution in [0.4, 0.5) is 0 Å². The Kier molecular flexibility index (Phi) is 6.22. The van der Waals surface area contributed by atoms with Crippen LogP contribution in [0.15, 0.2) is 95.5 Å². The molecule has 0 spiro atoms. The Balaban J connectivity index is 1.46. The number of hydrogen-bond donors (Lipinski definition) is 0. The predicted molar refractivity (Wildman–Crippen MR) is 168 cm³/mol. The molecule has 0 atom stereocenters. The van der Waals surface area contributed by atoms with Crippen LogP contribution in [0, 0.1) is 19.3 Å². The molecule has 0 aliphatic heterocycles. The zero-order valence-corrected chi connectivity index (χ0v) is 23.6. The minimum absolute atomic E-state index is 0.340. The number of aromatic nitrogens is 2. The van der Waals surface area contributed by atoms with Gasteiger partial charge in [0.1, 0.15) is 5.58 Å². The zero-order valence-electron chi connectivity index (χ0n) is 23.6. The van der Waals surface area contributed by atoms with Crippen LogP contribution in [0.5, 0.6) is 0 Å². The van der Waals surface area contributed by atoms with Crippen LogP contribution >= 0.6 is 0 Å². The summed E-state index contributed by atoms with van der Waals surface area (Å²) in [6.45, 7) is 10.4. The van der Waals surface area contributed by atoms with E-state index in [1.54, 1.807) is 6.20 Å². The van der Waals surface area contributed by atoms with Crippen LogP contribution in [0.2, 0.25) is 0 Å². The zero-order chi connectivity index (χ0) is 28.2. The third kappa shape index (κ3) is 4.34. The fraction of sp³-hybridized carbons (Fsp3) is 0.200. The van der Waals surface area contributed by atoms with Crippen molar-refractivity contribution in [3.8, 4) is 33.6 Å². The molecule has 0 saturated carbocycles. The van der Waals surface area contributed by atoms with E-state index < -0.39 is 5.21 Å². The first-order valence-corrected chi connectivity index (χ1v) is 13.6. The Morgan fingerprint density at radius 1 is 0.700 bits per heavy atom. The Morgan fingerprint density at radius 3 is 2.12 bits per heavy atom. The van der Waals surface area contributed by atoms with Gasteiger partial charge >= 0.3 is 0 Å². The van der Waals surface area contributed by atoms with E-state index in [0.717, 1.165) is 44.4 Å². The molecule has 5 heteroatoms. The first-order chi connectivity index (χ1) is 19.0. The van der Waals surface area contributed by atoms with E-state index in [-0.39, 0.29) is 5.41 Å². The lowest BCUT2D eigenvalue weighted by Crippen LogP contribution is -2.41. The van der Waals surface area contributed by atoms with Gasteiger partial charge in [0.25, 0.3) is 0 Å². The number of fused-ring (bicyclic) bond motifs is 3. The van der Waals surface area contributed by atoms with Gasteiger partial charge in [-0.05, 0) is 71.8 Å². The Hall–Kier alpha value is -4.11. The van der Waals surface area contributed by atoms with Crippen LogP contribution < -0.4 is 0 Å². The number of nitrogens with zero attached hydrogens (tertiary/aromatic N) is 2. The molecule has 6 aromatic rings. The first-order valence-electron chi connectivity index (χ1n) is 13.6. The highest BCUT2D eigenvalue weighted by Gasteiger charge is 2.33. The molecule has 0 saturated heterocycles. The molecule has 40 heavy (non-hydrogen) atoms. The molecule has 192 valence electrons. The van der Waals surface area contributed by atoms with E-state index in [1.807, 2.05) is 51.1 Å². The summed E-state index contributed by atoms with van der Waals surface area (Å²) < 4.78 is 6.45. The van der Waals surface area contributed by atoms with Crippen molar-refractivity contribution < 1.29 is 4.42 Å². The minimum Gasteiger partial charge on any atom is -0.437 e. The van der Waals surface area contributed by atoms with Gasteiger partial charge in [-0.2, -0.15) is 0 Å².